The van der Waals surface area contributed by atoms with Crippen LogP contribution >= 0.6 is 0 Å². The molecule has 1 atom stereocenters. The van der Waals surface area contributed by atoms with Gasteiger partial charge in [0.05, 0.1) is 6.04 Å². The fourth-order valence-corrected chi connectivity index (χ4v) is 2.33. The molecular formula is C17H21FN2. The zero-order valence-electron chi connectivity index (χ0n) is 12.3. The molecule has 0 aliphatic carbocycles. The normalized spacial score (nSPS) is 12.4. The van der Waals surface area contributed by atoms with E-state index in [1.54, 1.807) is 13.0 Å². The molecule has 0 aliphatic heterocycles. The van der Waals surface area contributed by atoms with Crippen LogP contribution in [-0.4, -0.2) is 11.5 Å². The Bertz CT molecular complexity index is 581. The number of nitrogens with one attached hydrogen (secondary N) is 1. The van der Waals surface area contributed by atoms with Crippen molar-refractivity contribution in [2.24, 2.45) is 0 Å². The lowest BCUT2D eigenvalue weighted by Gasteiger charge is -2.21. The van der Waals surface area contributed by atoms with Crippen molar-refractivity contribution in [3.05, 3.63) is 64.7 Å². The van der Waals surface area contributed by atoms with Crippen LogP contribution in [0.1, 0.15) is 41.6 Å². The zero-order valence-corrected chi connectivity index (χ0v) is 12.3. The van der Waals surface area contributed by atoms with Gasteiger partial charge in [0.1, 0.15) is 5.82 Å². The summed E-state index contributed by atoms with van der Waals surface area (Å²) in [6.07, 6.45) is 4.62. The van der Waals surface area contributed by atoms with Crippen molar-refractivity contribution in [1.82, 2.24) is 10.3 Å². The topological polar surface area (TPSA) is 24.9 Å². The summed E-state index contributed by atoms with van der Waals surface area (Å²) < 4.78 is 14.4. The largest absolute Gasteiger partial charge is 0.306 e. The Kier molecular flexibility index (Phi) is 4.85. The Hall–Kier alpha value is -1.74. The molecule has 0 saturated carbocycles. The Balaban J connectivity index is 2.44. The lowest BCUT2D eigenvalue weighted by molar-refractivity contribution is 0.541. The molecule has 2 aromatic rings. The maximum absolute atomic E-state index is 14.4. The van der Waals surface area contributed by atoms with Gasteiger partial charge in [-0.15, -0.1) is 0 Å². The third-order valence-corrected chi connectivity index (χ3v) is 3.36. The van der Waals surface area contributed by atoms with Crippen molar-refractivity contribution in [2.75, 3.05) is 6.54 Å². The van der Waals surface area contributed by atoms with E-state index < -0.39 is 0 Å². The summed E-state index contributed by atoms with van der Waals surface area (Å²) in [5, 5.41) is 3.42. The number of rotatable bonds is 5. The number of aromatic nitrogens is 1. The minimum atomic E-state index is -0.151. The van der Waals surface area contributed by atoms with E-state index >= 15 is 0 Å². The van der Waals surface area contributed by atoms with Crippen LogP contribution < -0.4 is 5.32 Å². The van der Waals surface area contributed by atoms with Crippen molar-refractivity contribution in [2.45, 2.75) is 33.2 Å². The van der Waals surface area contributed by atoms with Crippen LogP contribution in [0.3, 0.4) is 0 Å². The van der Waals surface area contributed by atoms with Crippen molar-refractivity contribution in [3.63, 3.8) is 0 Å². The van der Waals surface area contributed by atoms with Crippen LogP contribution in [0.25, 0.3) is 0 Å². The highest BCUT2D eigenvalue weighted by Gasteiger charge is 2.18. The van der Waals surface area contributed by atoms with Gasteiger partial charge in [-0.1, -0.05) is 31.2 Å². The maximum Gasteiger partial charge on any atom is 0.131 e. The van der Waals surface area contributed by atoms with E-state index in [4.69, 9.17) is 0 Å². The van der Waals surface area contributed by atoms with Gasteiger partial charge in [-0.05, 0) is 43.5 Å². The zero-order chi connectivity index (χ0) is 14.5. The molecule has 1 aromatic carbocycles. The highest BCUT2D eigenvalue weighted by atomic mass is 19.1. The number of aryl methyl sites for hydroxylation is 2. The van der Waals surface area contributed by atoms with E-state index in [-0.39, 0.29) is 11.9 Å². The molecule has 1 unspecified atom stereocenters. The third-order valence-electron chi connectivity index (χ3n) is 3.36. The van der Waals surface area contributed by atoms with E-state index in [9.17, 15) is 4.39 Å². The van der Waals surface area contributed by atoms with Crippen LogP contribution in [0.5, 0.6) is 0 Å². The number of halogens is 1. The summed E-state index contributed by atoms with van der Waals surface area (Å²) in [6, 6.07) is 7.45. The average Bonchev–Trinajstić information content (AvgIpc) is 2.44. The second kappa shape index (κ2) is 6.62. The minimum absolute atomic E-state index is 0.136. The molecule has 0 amide bonds. The number of hydrogen-bond acceptors (Lipinski definition) is 2. The molecule has 0 radical (unpaired) electrons. The first-order valence-corrected chi connectivity index (χ1v) is 7.03. The van der Waals surface area contributed by atoms with Gasteiger partial charge in [-0.25, -0.2) is 4.39 Å². The predicted molar refractivity (Wildman–Crippen MR) is 80.2 cm³/mol. The second-order valence-corrected chi connectivity index (χ2v) is 5.16. The standard InChI is InChI=1S/C17H21FN2/c1-4-8-20-17(14-9-12(2)10-19-11-14)15-7-5-6-13(3)16(15)18/h5-7,9-11,17,20H,4,8H2,1-3H3. The number of pyridine rings is 1. The molecule has 0 fully saturated rings. The van der Waals surface area contributed by atoms with E-state index in [1.807, 2.05) is 31.5 Å². The maximum atomic E-state index is 14.4. The lowest BCUT2D eigenvalue weighted by atomic mass is 9.97. The van der Waals surface area contributed by atoms with Gasteiger partial charge in [-0.3, -0.25) is 4.98 Å². The first-order valence-electron chi connectivity index (χ1n) is 7.03. The minimum Gasteiger partial charge on any atom is -0.306 e. The van der Waals surface area contributed by atoms with Gasteiger partial charge in [0.25, 0.3) is 0 Å². The summed E-state index contributed by atoms with van der Waals surface area (Å²) >= 11 is 0. The molecular weight excluding hydrogens is 251 g/mol. The smallest absolute Gasteiger partial charge is 0.131 e. The van der Waals surface area contributed by atoms with Crippen LogP contribution in [0.15, 0.2) is 36.7 Å². The molecule has 20 heavy (non-hydrogen) atoms. The lowest BCUT2D eigenvalue weighted by Crippen LogP contribution is -2.24. The fraction of sp³-hybridized carbons (Fsp3) is 0.353. The number of nitrogens with zero attached hydrogens (tertiary/aromatic N) is 1. The fourth-order valence-electron chi connectivity index (χ4n) is 2.33. The predicted octanol–water partition coefficient (Wildman–Crippen LogP) is 3.93. The van der Waals surface area contributed by atoms with Gasteiger partial charge in [0.15, 0.2) is 0 Å². The van der Waals surface area contributed by atoms with E-state index in [1.165, 1.54) is 0 Å². The summed E-state index contributed by atoms with van der Waals surface area (Å²) in [5.74, 6) is -0.136. The molecule has 3 heteroatoms. The Morgan fingerprint density at radius 3 is 2.75 bits per heavy atom. The Morgan fingerprint density at radius 1 is 1.25 bits per heavy atom. The molecule has 0 bridgehead atoms. The van der Waals surface area contributed by atoms with Crippen LogP contribution in [0, 0.1) is 19.7 Å². The van der Waals surface area contributed by atoms with Crippen molar-refractivity contribution in [1.29, 1.82) is 0 Å². The monoisotopic (exact) mass is 272 g/mol. The molecule has 2 nitrogen and oxygen atoms in total. The molecule has 0 saturated heterocycles. The molecule has 1 aromatic heterocycles. The molecule has 1 N–H and O–H groups in total. The SMILES string of the molecule is CCCNC(c1cncc(C)c1)c1cccc(C)c1F. The average molecular weight is 272 g/mol. The molecule has 2 rings (SSSR count). The second-order valence-electron chi connectivity index (χ2n) is 5.16. The summed E-state index contributed by atoms with van der Waals surface area (Å²) in [7, 11) is 0. The molecule has 0 spiro atoms. The van der Waals surface area contributed by atoms with Crippen molar-refractivity contribution < 1.29 is 4.39 Å². The Morgan fingerprint density at radius 2 is 2.05 bits per heavy atom. The van der Waals surface area contributed by atoms with E-state index in [2.05, 4.69) is 23.3 Å². The van der Waals surface area contributed by atoms with E-state index in [0.717, 1.165) is 24.1 Å². The summed E-state index contributed by atoms with van der Waals surface area (Å²) in [4.78, 5) is 4.23. The van der Waals surface area contributed by atoms with Gasteiger partial charge in [0.2, 0.25) is 0 Å². The van der Waals surface area contributed by atoms with Crippen molar-refractivity contribution >= 4 is 0 Å². The highest BCUT2D eigenvalue weighted by molar-refractivity contribution is 5.35. The first kappa shape index (κ1) is 14.7. The third kappa shape index (κ3) is 3.23. The number of benzene rings is 1. The van der Waals surface area contributed by atoms with Crippen molar-refractivity contribution in [3.8, 4) is 0 Å². The van der Waals surface area contributed by atoms with Gasteiger partial charge >= 0.3 is 0 Å². The number of hydrogen-bond donors (Lipinski definition) is 1. The van der Waals surface area contributed by atoms with Gasteiger partial charge in [-0.2, -0.15) is 0 Å². The van der Waals surface area contributed by atoms with Gasteiger partial charge < -0.3 is 5.32 Å². The van der Waals surface area contributed by atoms with Crippen LogP contribution in [-0.2, 0) is 0 Å². The van der Waals surface area contributed by atoms with Crippen LogP contribution in [0.2, 0.25) is 0 Å². The van der Waals surface area contributed by atoms with Gasteiger partial charge in [0, 0.05) is 18.0 Å². The summed E-state index contributed by atoms with van der Waals surface area (Å²) in [6.45, 7) is 6.74. The molecule has 0 aliphatic rings. The Labute approximate surface area is 120 Å². The first-order chi connectivity index (χ1) is 9.63. The molecule has 106 valence electrons. The van der Waals surface area contributed by atoms with Crippen LogP contribution in [0.4, 0.5) is 4.39 Å². The summed E-state index contributed by atoms with van der Waals surface area (Å²) in [5.41, 5.74) is 3.44. The quantitative estimate of drug-likeness (QED) is 0.892. The highest BCUT2D eigenvalue weighted by Crippen LogP contribution is 2.26. The van der Waals surface area contributed by atoms with E-state index in [0.29, 0.717) is 11.1 Å². The molecule has 1 heterocycles.